The summed E-state index contributed by atoms with van der Waals surface area (Å²) in [6.45, 7) is 0.681. The molecule has 1 saturated carbocycles. The summed E-state index contributed by atoms with van der Waals surface area (Å²) in [7, 11) is 0. The van der Waals surface area contributed by atoms with Crippen molar-refractivity contribution in [3.05, 3.63) is 65.5 Å². The van der Waals surface area contributed by atoms with Gasteiger partial charge in [-0.15, -0.1) is 0 Å². The molecule has 0 unspecified atom stereocenters. The van der Waals surface area contributed by atoms with Crippen molar-refractivity contribution in [2.75, 3.05) is 11.4 Å². The molecule has 0 saturated heterocycles. The van der Waals surface area contributed by atoms with Crippen LogP contribution in [0.4, 0.5) is 10.1 Å². The quantitative estimate of drug-likeness (QED) is 0.872. The summed E-state index contributed by atoms with van der Waals surface area (Å²) in [5.74, 6) is -0.561. The Bertz CT molecular complexity index is 872. The standard InChI is InChI=1S/C19H16FN3O2/c20-14-9-7-13(8-10-14)18(24)22-21-17-15-3-1-2-4-16(15)23(19(17)25)11-12-5-6-12/h1-4,7-10,12H,5-6,11H2,(H,22,24)/b21-17+. The van der Waals surface area contributed by atoms with Gasteiger partial charge >= 0.3 is 0 Å². The zero-order valence-corrected chi connectivity index (χ0v) is 13.4. The number of halogens is 1. The van der Waals surface area contributed by atoms with Gasteiger partial charge in [-0.2, -0.15) is 5.10 Å². The number of anilines is 1. The van der Waals surface area contributed by atoms with Crippen LogP contribution in [0.5, 0.6) is 0 Å². The molecule has 6 heteroatoms. The highest BCUT2D eigenvalue weighted by molar-refractivity contribution is 6.54. The Balaban J connectivity index is 1.58. The molecule has 0 aromatic heterocycles. The van der Waals surface area contributed by atoms with Crippen molar-refractivity contribution in [1.29, 1.82) is 0 Å². The molecule has 1 N–H and O–H groups in total. The lowest BCUT2D eigenvalue weighted by atomic mass is 10.1. The third-order valence-electron chi connectivity index (χ3n) is 4.41. The van der Waals surface area contributed by atoms with Gasteiger partial charge in [-0.1, -0.05) is 18.2 Å². The highest BCUT2D eigenvalue weighted by Crippen LogP contribution is 2.35. The van der Waals surface area contributed by atoms with Crippen LogP contribution in [0.3, 0.4) is 0 Å². The number of hydrazone groups is 1. The minimum absolute atomic E-state index is 0.201. The molecule has 126 valence electrons. The minimum Gasteiger partial charge on any atom is -0.306 e. The summed E-state index contributed by atoms with van der Waals surface area (Å²) in [4.78, 5) is 26.6. The maximum Gasteiger partial charge on any atom is 0.279 e. The van der Waals surface area contributed by atoms with Crippen molar-refractivity contribution in [3.63, 3.8) is 0 Å². The number of hydrogen-bond donors (Lipinski definition) is 1. The Labute approximate surface area is 144 Å². The zero-order valence-electron chi connectivity index (χ0n) is 13.4. The first-order chi connectivity index (χ1) is 12.1. The Hall–Kier alpha value is -3.02. The van der Waals surface area contributed by atoms with E-state index in [9.17, 15) is 14.0 Å². The third kappa shape index (κ3) is 3.03. The van der Waals surface area contributed by atoms with Gasteiger partial charge in [0.15, 0.2) is 5.71 Å². The normalized spacial score (nSPS) is 17.7. The lowest BCUT2D eigenvalue weighted by molar-refractivity contribution is -0.112. The van der Waals surface area contributed by atoms with Gasteiger partial charge in [-0.3, -0.25) is 9.59 Å². The molecule has 1 fully saturated rings. The molecular weight excluding hydrogens is 321 g/mol. The number of carbonyl (C=O) groups excluding carboxylic acids is 2. The van der Waals surface area contributed by atoms with E-state index in [1.165, 1.54) is 24.3 Å². The summed E-state index contributed by atoms with van der Waals surface area (Å²) < 4.78 is 12.9. The Morgan fingerprint density at radius 3 is 2.60 bits per heavy atom. The second-order valence-electron chi connectivity index (χ2n) is 6.28. The summed E-state index contributed by atoms with van der Waals surface area (Å²) in [6, 6.07) is 12.6. The molecule has 0 atom stereocenters. The van der Waals surface area contributed by atoms with E-state index < -0.39 is 11.7 Å². The van der Waals surface area contributed by atoms with E-state index in [1.807, 2.05) is 24.3 Å². The van der Waals surface area contributed by atoms with E-state index in [0.717, 1.165) is 18.5 Å². The average molecular weight is 337 g/mol. The predicted molar refractivity (Wildman–Crippen MR) is 91.9 cm³/mol. The van der Waals surface area contributed by atoms with Gasteiger partial charge in [0.1, 0.15) is 5.82 Å². The number of amides is 2. The molecule has 0 radical (unpaired) electrons. The zero-order chi connectivity index (χ0) is 17.4. The van der Waals surface area contributed by atoms with Crippen molar-refractivity contribution in [2.24, 2.45) is 11.0 Å². The number of hydrogen-bond acceptors (Lipinski definition) is 3. The van der Waals surface area contributed by atoms with Crippen LogP contribution >= 0.6 is 0 Å². The number of rotatable bonds is 4. The number of para-hydroxylation sites is 1. The van der Waals surface area contributed by atoms with E-state index in [0.29, 0.717) is 18.0 Å². The molecule has 2 aromatic carbocycles. The van der Waals surface area contributed by atoms with Gasteiger partial charge in [-0.25, -0.2) is 9.82 Å². The maximum absolute atomic E-state index is 12.9. The monoisotopic (exact) mass is 337 g/mol. The second kappa shape index (κ2) is 6.12. The summed E-state index contributed by atoms with van der Waals surface area (Å²) in [5.41, 5.74) is 4.45. The lowest BCUT2D eigenvalue weighted by Gasteiger charge is -2.15. The molecule has 0 bridgehead atoms. The molecule has 0 spiro atoms. The second-order valence-corrected chi connectivity index (χ2v) is 6.28. The summed E-state index contributed by atoms with van der Waals surface area (Å²) >= 11 is 0. The van der Waals surface area contributed by atoms with Crippen LogP contribution in [0.2, 0.25) is 0 Å². The van der Waals surface area contributed by atoms with Crippen molar-refractivity contribution in [3.8, 4) is 0 Å². The van der Waals surface area contributed by atoms with E-state index in [1.54, 1.807) is 4.90 Å². The average Bonchev–Trinajstić information content (AvgIpc) is 3.40. The summed E-state index contributed by atoms with van der Waals surface area (Å²) in [6.07, 6.45) is 2.28. The van der Waals surface area contributed by atoms with E-state index in [4.69, 9.17) is 0 Å². The van der Waals surface area contributed by atoms with E-state index >= 15 is 0 Å². The van der Waals surface area contributed by atoms with Crippen molar-refractivity contribution in [1.82, 2.24) is 5.43 Å². The van der Waals surface area contributed by atoms with Crippen LogP contribution in [-0.4, -0.2) is 24.1 Å². The van der Waals surface area contributed by atoms with Gasteiger partial charge in [0.2, 0.25) is 0 Å². The molecular formula is C19H16FN3O2. The fourth-order valence-corrected chi connectivity index (χ4v) is 2.88. The fourth-order valence-electron chi connectivity index (χ4n) is 2.88. The molecule has 25 heavy (non-hydrogen) atoms. The first kappa shape index (κ1) is 15.5. The number of carbonyl (C=O) groups is 2. The minimum atomic E-state index is -0.488. The molecule has 1 aliphatic heterocycles. The van der Waals surface area contributed by atoms with Crippen LogP contribution in [0.1, 0.15) is 28.8 Å². The first-order valence-corrected chi connectivity index (χ1v) is 8.18. The SMILES string of the molecule is O=C(N/N=C1/C(=O)N(CC2CC2)c2ccccc21)c1ccc(F)cc1. The van der Waals surface area contributed by atoms with Gasteiger partial charge in [0.25, 0.3) is 11.8 Å². The van der Waals surface area contributed by atoms with Crippen molar-refractivity contribution >= 4 is 23.2 Å². The Morgan fingerprint density at radius 1 is 1.16 bits per heavy atom. The number of benzene rings is 2. The Morgan fingerprint density at radius 2 is 1.88 bits per heavy atom. The van der Waals surface area contributed by atoms with E-state index in [2.05, 4.69) is 10.5 Å². The topological polar surface area (TPSA) is 61.8 Å². The van der Waals surface area contributed by atoms with Crippen LogP contribution in [-0.2, 0) is 4.79 Å². The Kier molecular flexibility index (Phi) is 3.80. The lowest BCUT2D eigenvalue weighted by Crippen LogP contribution is -2.33. The van der Waals surface area contributed by atoms with Crippen LogP contribution in [0.15, 0.2) is 53.6 Å². The number of fused-ring (bicyclic) bond motifs is 1. The molecule has 2 aliphatic rings. The van der Waals surface area contributed by atoms with Crippen LogP contribution in [0.25, 0.3) is 0 Å². The smallest absolute Gasteiger partial charge is 0.279 e. The summed E-state index contributed by atoms with van der Waals surface area (Å²) in [5, 5.41) is 4.05. The van der Waals surface area contributed by atoms with Crippen molar-refractivity contribution in [2.45, 2.75) is 12.8 Å². The molecule has 1 aliphatic carbocycles. The fraction of sp³-hybridized carbons (Fsp3) is 0.211. The van der Waals surface area contributed by atoms with E-state index in [-0.39, 0.29) is 17.2 Å². The van der Waals surface area contributed by atoms with Gasteiger partial charge < -0.3 is 4.90 Å². The molecule has 2 aromatic rings. The highest BCUT2D eigenvalue weighted by Gasteiger charge is 2.37. The van der Waals surface area contributed by atoms with Crippen molar-refractivity contribution < 1.29 is 14.0 Å². The molecule has 2 amide bonds. The predicted octanol–water partition coefficient (Wildman–Crippen LogP) is 2.72. The number of nitrogens with zero attached hydrogens (tertiary/aromatic N) is 2. The van der Waals surface area contributed by atoms with Gasteiger partial charge in [0, 0.05) is 17.7 Å². The largest absolute Gasteiger partial charge is 0.306 e. The molecule has 5 nitrogen and oxygen atoms in total. The van der Waals surface area contributed by atoms with Crippen LogP contribution < -0.4 is 10.3 Å². The first-order valence-electron chi connectivity index (χ1n) is 8.18. The number of nitrogens with one attached hydrogen (secondary N) is 1. The van der Waals surface area contributed by atoms with Gasteiger partial charge in [-0.05, 0) is 49.1 Å². The third-order valence-corrected chi connectivity index (χ3v) is 4.41. The maximum atomic E-state index is 12.9. The highest BCUT2D eigenvalue weighted by atomic mass is 19.1. The van der Waals surface area contributed by atoms with Gasteiger partial charge in [0.05, 0.1) is 5.69 Å². The molecule has 1 heterocycles. The molecule has 4 rings (SSSR count). The van der Waals surface area contributed by atoms with Crippen LogP contribution in [0, 0.1) is 11.7 Å².